The molecule has 0 unspecified atom stereocenters. The molecule has 1 heterocycles. The molecule has 1 aliphatic rings. The van der Waals surface area contributed by atoms with E-state index in [1.807, 2.05) is 24.1 Å². The normalized spacial score (nSPS) is 13.9. The Morgan fingerprint density at radius 1 is 1.25 bits per heavy atom. The van der Waals surface area contributed by atoms with Gasteiger partial charge in [0.05, 0.1) is 0 Å². The van der Waals surface area contributed by atoms with Crippen LogP contribution in [0.5, 0.6) is 0 Å². The van der Waals surface area contributed by atoms with Crippen molar-refractivity contribution in [2.45, 2.75) is 0 Å². The van der Waals surface area contributed by atoms with Crippen LogP contribution in [0.1, 0.15) is 0 Å². The predicted molar refractivity (Wildman–Crippen MR) is 44.3 cm³/mol. The maximum absolute atomic E-state index is 8.53. The van der Waals surface area contributed by atoms with Crippen LogP contribution < -0.4 is 0 Å². The zero-order valence-corrected chi connectivity index (χ0v) is 6.65. The molecule has 0 amide bonds. The molecule has 0 saturated heterocycles. The molecule has 1 aliphatic heterocycles. The van der Waals surface area contributed by atoms with Crippen molar-refractivity contribution in [3.05, 3.63) is 35.7 Å². The summed E-state index contributed by atoms with van der Waals surface area (Å²) in [5.74, 6) is 0. The molecular weight excluding hydrogens is 150 g/mol. The van der Waals surface area contributed by atoms with Crippen molar-refractivity contribution in [1.29, 1.82) is 10.5 Å². The van der Waals surface area contributed by atoms with Crippen molar-refractivity contribution < 1.29 is 0 Å². The smallest absolute Gasteiger partial charge is 0.136 e. The third-order valence-corrected chi connectivity index (χ3v) is 1.49. The van der Waals surface area contributed by atoms with Crippen LogP contribution in [-0.4, -0.2) is 11.9 Å². The van der Waals surface area contributed by atoms with Crippen LogP contribution in [0.15, 0.2) is 35.7 Å². The van der Waals surface area contributed by atoms with Gasteiger partial charge in [0.25, 0.3) is 0 Å². The van der Waals surface area contributed by atoms with Crippen LogP contribution in [-0.2, 0) is 0 Å². The standard InChI is InChI=1S/C9H7N3/c1-12-4-2-8(3-5-12)9(6-10)7-11/h2-5H,1H3. The van der Waals surface area contributed by atoms with Gasteiger partial charge >= 0.3 is 0 Å². The number of hydrogen-bond acceptors (Lipinski definition) is 3. The lowest BCUT2D eigenvalue weighted by molar-refractivity contribution is 0.620. The topological polar surface area (TPSA) is 50.8 Å². The second kappa shape index (κ2) is 3.41. The van der Waals surface area contributed by atoms with Gasteiger partial charge in [0.2, 0.25) is 0 Å². The van der Waals surface area contributed by atoms with Gasteiger partial charge in [0.1, 0.15) is 17.7 Å². The number of nitrogens with zero attached hydrogens (tertiary/aromatic N) is 3. The van der Waals surface area contributed by atoms with Crippen molar-refractivity contribution in [2.24, 2.45) is 0 Å². The lowest BCUT2D eigenvalue weighted by atomic mass is 10.1. The SMILES string of the molecule is CN1C=CC(=C(C#N)C#N)C=C1. The first-order valence-electron chi connectivity index (χ1n) is 3.40. The van der Waals surface area contributed by atoms with E-state index in [-0.39, 0.29) is 5.57 Å². The minimum atomic E-state index is 0.149. The third kappa shape index (κ3) is 1.53. The van der Waals surface area contributed by atoms with Crippen LogP contribution in [0, 0.1) is 22.7 Å². The van der Waals surface area contributed by atoms with Crippen LogP contribution in [0.2, 0.25) is 0 Å². The first kappa shape index (κ1) is 8.10. The summed E-state index contributed by atoms with van der Waals surface area (Å²) in [6.45, 7) is 0. The minimum absolute atomic E-state index is 0.149. The molecule has 3 heteroatoms. The molecular formula is C9H7N3. The fraction of sp³-hybridized carbons (Fsp3) is 0.111. The molecule has 0 atom stereocenters. The molecule has 0 spiro atoms. The molecule has 0 fully saturated rings. The van der Waals surface area contributed by atoms with E-state index in [1.54, 1.807) is 24.6 Å². The summed E-state index contributed by atoms with van der Waals surface area (Å²) in [7, 11) is 1.88. The average molecular weight is 157 g/mol. The van der Waals surface area contributed by atoms with Gasteiger partial charge in [0, 0.05) is 25.0 Å². The summed E-state index contributed by atoms with van der Waals surface area (Å²) in [6, 6.07) is 3.67. The Hall–Kier alpha value is -2.00. The predicted octanol–water partition coefficient (Wildman–Crippen LogP) is 1.30. The second-order valence-electron chi connectivity index (χ2n) is 2.35. The van der Waals surface area contributed by atoms with Crippen LogP contribution in [0.3, 0.4) is 0 Å². The Kier molecular flexibility index (Phi) is 2.30. The molecule has 1 rings (SSSR count). The van der Waals surface area contributed by atoms with Crippen LogP contribution in [0.25, 0.3) is 0 Å². The molecule has 0 aromatic heterocycles. The lowest BCUT2D eigenvalue weighted by Gasteiger charge is -2.11. The Labute approximate surface area is 71.1 Å². The average Bonchev–Trinajstić information content (AvgIpc) is 2.10. The maximum atomic E-state index is 8.53. The van der Waals surface area contributed by atoms with Crippen LogP contribution >= 0.6 is 0 Å². The first-order chi connectivity index (χ1) is 5.77. The van der Waals surface area contributed by atoms with Gasteiger partial charge in [-0.25, -0.2) is 0 Å². The zero-order valence-electron chi connectivity index (χ0n) is 6.65. The third-order valence-electron chi connectivity index (χ3n) is 1.49. The second-order valence-corrected chi connectivity index (χ2v) is 2.35. The van der Waals surface area contributed by atoms with Gasteiger partial charge in [-0.15, -0.1) is 0 Å². The highest BCUT2D eigenvalue weighted by molar-refractivity contribution is 5.50. The molecule has 0 saturated carbocycles. The fourth-order valence-electron chi connectivity index (χ4n) is 0.822. The largest absolute Gasteiger partial charge is 0.357 e. The van der Waals surface area contributed by atoms with E-state index in [0.29, 0.717) is 5.57 Å². The van der Waals surface area contributed by atoms with Crippen molar-refractivity contribution in [1.82, 2.24) is 4.90 Å². The van der Waals surface area contributed by atoms with Gasteiger partial charge in [-0.05, 0) is 12.2 Å². The van der Waals surface area contributed by atoms with Gasteiger partial charge in [-0.1, -0.05) is 0 Å². The Balaban J connectivity index is 3.02. The van der Waals surface area contributed by atoms with Crippen molar-refractivity contribution in [2.75, 3.05) is 7.05 Å². The molecule has 3 nitrogen and oxygen atoms in total. The molecule has 0 radical (unpaired) electrons. The molecule has 0 aromatic rings. The van der Waals surface area contributed by atoms with Gasteiger partial charge < -0.3 is 4.90 Å². The molecule has 0 bridgehead atoms. The summed E-state index contributed by atoms with van der Waals surface area (Å²) in [5.41, 5.74) is 0.814. The first-order valence-corrected chi connectivity index (χ1v) is 3.40. The Morgan fingerprint density at radius 3 is 2.17 bits per heavy atom. The van der Waals surface area contributed by atoms with Gasteiger partial charge in [-0.3, -0.25) is 0 Å². The number of nitriles is 2. The fourth-order valence-corrected chi connectivity index (χ4v) is 0.822. The summed E-state index contributed by atoms with van der Waals surface area (Å²) in [6.07, 6.45) is 7.07. The Morgan fingerprint density at radius 2 is 1.75 bits per heavy atom. The van der Waals surface area contributed by atoms with E-state index in [1.165, 1.54) is 0 Å². The summed E-state index contributed by atoms with van der Waals surface area (Å²) >= 11 is 0. The van der Waals surface area contributed by atoms with Crippen molar-refractivity contribution in [3.63, 3.8) is 0 Å². The number of allylic oxidation sites excluding steroid dienone is 4. The van der Waals surface area contributed by atoms with Gasteiger partial charge in [-0.2, -0.15) is 10.5 Å². The maximum Gasteiger partial charge on any atom is 0.136 e. The molecule has 0 N–H and O–H groups in total. The summed E-state index contributed by atoms with van der Waals surface area (Å²) < 4.78 is 0. The van der Waals surface area contributed by atoms with E-state index >= 15 is 0 Å². The molecule has 12 heavy (non-hydrogen) atoms. The van der Waals surface area contributed by atoms with Gasteiger partial charge in [0.15, 0.2) is 0 Å². The number of rotatable bonds is 0. The number of hydrogen-bond donors (Lipinski definition) is 0. The van der Waals surface area contributed by atoms with E-state index in [2.05, 4.69) is 0 Å². The highest BCUT2D eigenvalue weighted by Gasteiger charge is 2.02. The monoisotopic (exact) mass is 157 g/mol. The summed E-state index contributed by atoms with van der Waals surface area (Å²) in [4.78, 5) is 1.84. The minimum Gasteiger partial charge on any atom is -0.357 e. The molecule has 0 aromatic carbocycles. The molecule has 58 valence electrons. The van der Waals surface area contributed by atoms with Crippen molar-refractivity contribution in [3.8, 4) is 12.1 Å². The lowest BCUT2D eigenvalue weighted by Crippen LogP contribution is -2.03. The zero-order chi connectivity index (χ0) is 8.97. The highest BCUT2D eigenvalue weighted by Crippen LogP contribution is 2.11. The summed E-state index contributed by atoms with van der Waals surface area (Å²) in [5, 5.41) is 17.1. The van der Waals surface area contributed by atoms with E-state index < -0.39 is 0 Å². The van der Waals surface area contributed by atoms with E-state index in [0.717, 1.165) is 0 Å². The Bertz CT molecular complexity index is 315. The highest BCUT2D eigenvalue weighted by atomic mass is 15.0. The van der Waals surface area contributed by atoms with Crippen LogP contribution in [0.4, 0.5) is 0 Å². The molecule has 0 aliphatic carbocycles. The quantitative estimate of drug-likeness (QED) is 0.498. The van der Waals surface area contributed by atoms with E-state index in [4.69, 9.17) is 10.5 Å². The van der Waals surface area contributed by atoms with Crippen molar-refractivity contribution >= 4 is 0 Å². The van der Waals surface area contributed by atoms with E-state index in [9.17, 15) is 0 Å².